The average molecular weight is 331 g/mol. The maximum atomic E-state index is 12.9. The summed E-state index contributed by atoms with van der Waals surface area (Å²) < 4.78 is 34.7. The zero-order chi connectivity index (χ0) is 15.6. The molecule has 1 aromatic heterocycles. The summed E-state index contributed by atoms with van der Waals surface area (Å²) in [4.78, 5) is 11.6. The Morgan fingerprint density at radius 1 is 1.33 bits per heavy atom. The number of halogens is 1. The molecule has 11 heteroatoms. The zero-order valence-electron chi connectivity index (χ0n) is 10.6. The minimum atomic E-state index is -3.96. The van der Waals surface area contributed by atoms with E-state index in [4.69, 9.17) is 5.14 Å². The lowest BCUT2D eigenvalue weighted by atomic mass is 10.3. The minimum absolute atomic E-state index is 0.0542. The highest BCUT2D eigenvalue weighted by molar-refractivity contribution is 7.91. The molecule has 1 heterocycles. The van der Waals surface area contributed by atoms with Crippen LogP contribution in [0.15, 0.2) is 28.6 Å². The number of amides is 1. The molecule has 3 N–H and O–H groups in total. The Kier molecular flexibility index (Phi) is 4.16. The monoisotopic (exact) mass is 331 g/mol. The van der Waals surface area contributed by atoms with Crippen molar-refractivity contribution in [3.8, 4) is 0 Å². The van der Waals surface area contributed by atoms with Crippen LogP contribution in [0.2, 0.25) is 0 Å². The van der Waals surface area contributed by atoms with Crippen molar-refractivity contribution >= 4 is 38.1 Å². The molecule has 1 amide bonds. The molecule has 2 rings (SSSR count). The molecule has 0 fully saturated rings. The van der Waals surface area contributed by atoms with E-state index >= 15 is 0 Å². The van der Waals surface area contributed by atoms with Crippen LogP contribution in [0.25, 0.3) is 0 Å². The predicted molar refractivity (Wildman–Crippen MR) is 74.5 cm³/mol. The Labute approximate surface area is 123 Å². The minimum Gasteiger partial charge on any atom is -0.273 e. The van der Waals surface area contributed by atoms with Crippen LogP contribution in [0.4, 0.5) is 15.2 Å². The number of nitrogens with zero attached hydrogens (tertiary/aromatic N) is 3. The molecule has 0 bridgehead atoms. The first kappa shape index (κ1) is 15.3. The summed E-state index contributed by atoms with van der Waals surface area (Å²) in [5.41, 5.74) is 2.95. The molecule has 8 nitrogen and oxygen atoms in total. The summed E-state index contributed by atoms with van der Waals surface area (Å²) in [5.74, 6) is -0.858. The second-order valence-corrected chi connectivity index (χ2v) is 6.57. The lowest BCUT2D eigenvalue weighted by molar-refractivity contribution is -0.116. The fraction of sp³-hybridized carbons (Fsp3) is 0.100. The number of hydrazine groups is 1. The number of hydrogen-bond donors (Lipinski definition) is 2. The number of carbonyl (C=O) groups excluding carboxylic acids is 1. The Morgan fingerprint density at radius 3 is 2.43 bits per heavy atom. The standard InChI is InChI=1S/C10H10FN5O3S2/c1-6(17)16(8-4-2-7(11)3-5-8)15-9-13-14-10(20-9)21(12,18)19/h2-5H,1H3,(H,13,15)(H2,12,18,19). The second-order valence-electron chi connectivity index (χ2n) is 3.86. The van der Waals surface area contributed by atoms with E-state index in [0.717, 1.165) is 5.01 Å². The summed E-state index contributed by atoms with van der Waals surface area (Å²) >= 11 is 0.669. The number of benzene rings is 1. The average Bonchev–Trinajstić information content (AvgIpc) is 2.85. The summed E-state index contributed by atoms with van der Waals surface area (Å²) in [6.45, 7) is 1.28. The van der Waals surface area contributed by atoms with Crippen LogP contribution in [0.1, 0.15) is 6.92 Å². The largest absolute Gasteiger partial charge is 0.273 e. The number of hydrogen-bond acceptors (Lipinski definition) is 7. The van der Waals surface area contributed by atoms with Crippen LogP contribution in [-0.2, 0) is 14.8 Å². The molecule has 1 aromatic carbocycles. The van der Waals surface area contributed by atoms with Crippen molar-refractivity contribution in [3.05, 3.63) is 30.1 Å². The van der Waals surface area contributed by atoms with Crippen LogP contribution in [0, 0.1) is 5.82 Å². The van der Waals surface area contributed by atoms with E-state index in [0.29, 0.717) is 17.0 Å². The van der Waals surface area contributed by atoms with Gasteiger partial charge in [-0.25, -0.2) is 23.0 Å². The molecule has 21 heavy (non-hydrogen) atoms. The summed E-state index contributed by atoms with van der Waals surface area (Å²) in [6, 6.07) is 5.13. The number of aromatic nitrogens is 2. The topological polar surface area (TPSA) is 118 Å². The molecular formula is C10H10FN5O3S2. The van der Waals surface area contributed by atoms with Gasteiger partial charge in [0.15, 0.2) is 0 Å². The summed E-state index contributed by atoms with van der Waals surface area (Å²) in [6.07, 6.45) is 0. The Bertz CT molecular complexity index is 759. The van der Waals surface area contributed by atoms with Crippen molar-refractivity contribution in [1.82, 2.24) is 10.2 Å². The van der Waals surface area contributed by atoms with Crippen molar-refractivity contribution in [3.63, 3.8) is 0 Å². The van der Waals surface area contributed by atoms with E-state index in [1.54, 1.807) is 0 Å². The van der Waals surface area contributed by atoms with Crippen molar-refractivity contribution in [2.24, 2.45) is 5.14 Å². The molecular weight excluding hydrogens is 321 g/mol. The Hall–Kier alpha value is -2.11. The van der Waals surface area contributed by atoms with Gasteiger partial charge in [0.25, 0.3) is 10.0 Å². The SMILES string of the molecule is CC(=O)N(Nc1nnc(S(N)(=O)=O)s1)c1ccc(F)cc1. The highest BCUT2D eigenvalue weighted by atomic mass is 32.2. The molecule has 0 saturated carbocycles. The van der Waals surface area contributed by atoms with Crippen LogP contribution in [0.5, 0.6) is 0 Å². The number of carbonyl (C=O) groups is 1. The molecule has 0 aliphatic rings. The summed E-state index contributed by atoms with van der Waals surface area (Å²) in [7, 11) is -3.96. The van der Waals surface area contributed by atoms with Gasteiger partial charge in [-0.2, -0.15) is 0 Å². The van der Waals surface area contributed by atoms with Crippen LogP contribution < -0.4 is 15.6 Å². The van der Waals surface area contributed by atoms with Gasteiger partial charge >= 0.3 is 0 Å². The maximum absolute atomic E-state index is 12.9. The van der Waals surface area contributed by atoms with E-state index < -0.39 is 21.7 Å². The van der Waals surface area contributed by atoms with E-state index in [1.807, 2.05) is 0 Å². The number of anilines is 2. The molecule has 0 atom stereocenters. The molecule has 0 spiro atoms. The molecule has 0 unspecified atom stereocenters. The van der Waals surface area contributed by atoms with Crippen LogP contribution in [-0.4, -0.2) is 24.5 Å². The normalized spacial score (nSPS) is 11.2. The molecule has 0 aliphatic carbocycles. The lowest BCUT2D eigenvalue weighted by Crippen LogP contribution is -2.34. The third kappa shape index (κ3) is 3.71. The molecule has 112 valence electrons. The van der Waals surface area contributed by atoms with Gasteiger partial charge in [-0.1, -0.05) is 11.3 Å². The van der Waals surface area contributed by atoms with Crippen LogP contribution >= 0.6 is 11.3 Å². The quantitative estimate of drug-likeness (QED) is 0.796. The third-order valence-corrected chi connectivity index (χ3v) is 4.39. The molecule has 2 aromatic rings. The van der Waals surface area contributed by atoms with E-state index in [2.05, 4.69) is 15.6 Å². The first-order valence-corrected chi connectivity index (χ1v) is 7.83. The first-order valence-electron chi connectivity index (χ1n) is 5.46. The molecule has 0 aliphatic heterocycles. The lowest BCUT2D eigenvalue weighted by Gasteiger charge is -2.20. The van der Waals surface area contributed by atoms with Gasteiger partial charge in [-0.3, -0.25) is 10.2 Å². The fourth-order valence-electron chi connectivity index (χ4n) is 1.38. The van der Waals surface area contributed by atoms with Gasteiger partial charge in [-0.05, 0) is 24.3 Å². The van der Waals surface area contributed by atoms with Crippen molar-refractivity contribution < 1.29 is 17.6 Å². The van der Waals surface area contributed by atoms with Crippen molar-refractivity contribution in [2.45, 2.75) is 11.3 Å². The second kappa shape index (κ2) is 5.71. The van der Waals surface area contributed by atoms with Gasteiger partial charge in [0, 0.05) is 6.92 Å². The number of sulfonamides is 1. The molecule has 0 saturated heterocycles. The van der Waals surface area contributed by atoms with Gasteiger partial charge < -0.3 is 0 Å². The number of primary sulfonamides is 1. The highest BCUT2D eigenvalue weighted by Gasteiger charge is 2.18. The Balaban J connectivity index is 2.27. The highest BCUT2D eigenvalue weighted by Crippen LogP contribution is 2.22. The van der Waals surface area contributed by atoms with Crippen molar-refractivity contribution in [1.29, 1.82) is 0 Å². The van der Waals surface area contributed by atoms with Gasteiger partial charge in [0.1, 0.15) is 5.82 Å². The predicted octanol–water partition coefficient (Wildman–Crippen LogP) is 0.705. The fourth-order valence-corrected chi connectivity index (χ4v) is 2.70. The van der Waals surface area contributed by atoms with Crippen LogP contribution in [0.3, 0.4) is 0 Å². The number of rotatable bonds is 4. The van der Waals surface area contributed by atoms with Gasteiger partial charge in [0.2, 0.25) is 15.4 Å². The van der Waals surface area contributed by atoms with E-state index in [9.17, 15) is 17.6 Å². The van der Waals surface area contributed by atoms with Gasteiger partial charge in [-0.15, -0.1) is 10.2 Å². The molecule has 0 radical (unpaired) electrons. The van der Waals surface area contributed by atoms with E-state index in [1.165, 1.54) is 31.2 Å². The zero-order valence-corrected chi connectivity index (χ0v) is 12.3. The van der Waals surface area contributed by atoms with Crippen molar-refractivity contribution in [2.75, 3.05) is 10.4 Å². The summed E-state index contributed by atoms with van der Waals surface area (Å²) in [5, 5.41) is 13.0. The first-order chi connectivity index (χ1) is 9.77. The Morgan fingerprint density at radius 2 is 1.95 bits per heavy atom. The number of nitrogens with two attached hydrogens (primary N) is 1. The smallest absolute Gasteiger partial charge is 0.267 e. The van der Waals surface area contributed by atoms with E-state index in [-0.39, 0.29) is 9.47 Å². The van der Waals surface area contributed by atoms with Gasteiger partial charge in [0.05, 0.1) is 5.69 Å². The maximum Gasteiger partial charge on any atom is 0.267 e. The number of nitrogens with one attached hydrogen (secondary N) is 1. The third-order valence-electron chi connectivity index (χ3n) is 2.26.